The first-order valence-corrected chi connectivity index (χ1v) is 6.88. The van der Waals surface area contributed by atoms with Crippen LogP contribution in [0, 0.1) is 10.1 Å². The van der Waals surface area contributed by atoms with Gasteiger partial charge in [-0.15, -0.1) is 0 Å². The normalized spacial score (nSPS) is 11.1. The summed E-state index contributed by atoms with van der Waals surface area (Å²) in [6.45, 7) is 2.10. The van der Waals surface area contributed by atoms with Gasteiger partial charge in [0.15, 0.2) is 11.5 Å². The number of nitro groups is 1. The number of sulfonamides is 1. The van der Waals surface area contributed by atoms with Crippen molar-refractivity contribution in [3.8, 4) is 11.5 Å². The summed E-state index contributed by atoms with van der Waals surface area (Å²) >= 11 is 0. The Balaban J connectivity index is 3.51. The van der Waals surface area contributed by atoms with E-state index in [1.165, 1.54) is 7.11 Å². The number of methoxy groups -OCH3 is 1. The lowest BCUT2D eigenvalue weighted by Gasteiger charge is -2.12. The summed E-state index contributed by atoms with van der Waals surface area (Å²) in [5, 5.41) is 15.8. The molecule has 0 heterocycles. The van der Waals surface area contributed by atoms with Crippen LogP contribution < -0.4 is 14.6 Å². The number of rotatable bonds is 6. The van der Waals surface area contributed by atoms with E-state index in [0.717, 1.165) is 12.1 Å². The molecule has 106 valence electrons. The molecule has 19 heavy (non-hydrogen) atoms. The van der Waals surface area contributed by atoms with Gasteiger partial charge in [0.2, 0.25) is 10.0 Å². The largest absolute Gasteiger partial charge is 0.492 e. The van der Waals surface area contributed by atoms with Crippen molar-refractivity contribution in [2.45, 2.75) is 18.2 Å². The average Bonchev–Trinajstić information content (AvgIpc) is 2.33. The van der Waals surface area contributed by atoms with E-state index >= 15 is 0 Å². The molecule has 0 bridgehead atoms. The van der Waals surface area contributed by atoms with E-state index in [1.807, 2.05) is 6.92 Å². The number of hydrogen-bond acceptors (Lipinski definition) is 6. The van der Waals surface area contributed by atoms with E-state index in [2.05, 4.69) is 0 Å². The molecular formula is C10H14N2O6S. The van der Waals surface area contributed by atoms with Gasteiger partial charge in [-0.1, -0.05) is 6.92 Å². The molecule has 0 saturated heterocycles. The maximum absolute atomic E-state index is 11.4. The van der Waals surface area contributed by atoms with E-state index in [9.17, 15) is 18.5 Å². The van der Waals surface area contributed by atoms with Gasteiger partial charge < -0.3 is 9.47 Å². The number of hydrogen-bond donors (Lipinski definition) is 1. The number of benzene rings is 1. The summed E-state index contributed by atoms with van der Waals surface area (Å²) in [7, 11) is -2.93. The summed E-state index contributed by atoms with van der Waals surface area (Å²) in [4.78, 5) is 9.57. The van der Waals surface area contributed by atoms with Crippen LogP contribution in [-0.2, 0) is 10.0 Å². The molecule has 1 aromatic rings. The van der Waals surface area contributed by atoms with Gasteiger partial charge in [-0.25, -0.2) is 13.6 Å². The van der Waals surface area contributed by atoms with Crippen molar-refractivity contribution in [2.75, 3.05) is 13.7 Å². The predicted molar refractivity (Wildman–Crippen MR) is 66.8 cm³/mol. The molecule has 9 heteroatoms. The maximum Gasteiger partial charge on any atom is 0.274 e. The number of ether oxygens (including phenoxy) is 2. The van der Waals surface area contributed by atoms with Crippen molar-refractivity contribution in [3.05, 3.63) is 22.2 Å². The van der Waals surface area contributed by atoms with Crippen molar-refractivity contribution in [1.82, 2.24) is 0 Å². The van der Waals surface area contributed by atoms with Gasteiger partial charge in [0, 0.05) is 6.07 Å². The average molecular weight is 290 g/mol. The Morgan fingerprint density at radius 3 is 2.47 bits per heavy atom. The van der Waals surface area contributed by atoms with Crippen molar-refractivity contribution >= 4 is 15.7 Å². The second-order valence-electron chi connectivity index (χ2n) is 3.63. The van der Waals surface area contributed by atoms with Gasteiger partial charge in [-0.05, 0) is 6.42 Å². The van der Waals surface area contributed by atoms with E-state index in [-0.39, 0.29) is 18.1 Å². The lowest BCUT2D eigenvalue weighted by molar-refractivity contribution is -0.385. The minimum atomic E-state index is -4.16. The SMILES string of the molecule is CCCOc1cc([N+](=O)[O-])cc(S(N)(=O)=O)c1OC. The van der Waals surface area contributed by atoms with Crippen molar-refractivity contribution in [1.29, 1.82) is 0 Å². The van der Waals surface area contributed by atoms with E-state index in [4.69, 9.17) is 14.6 Å². The highest BCUT2D eigenvalue weighted by Gasteiger charge is 2.24. The maximum atomic E-state index is 11.4. The van der Waals surface area contributed by atoms with Crippen LogP contribution >= 0.6 is 0 Å². The molecule has 0 amide bonds. The first-order valence-electron chi connectivity index (χ1n) is 5.33. The fourth-order valence-electron chi connectivity index (χ4n) is 1.40. The highest BCUT2D eigenvalue weighted by Crippen LogP contribution is 2.37. The van der Waals surface area contributed by atoms with Crippen LogP contribution in [0.5, 0.6) is 11.5 Å². The van der Waals surface area contributed by atoms with E-state index < -0.39 is 25.5 Å². The van der Waals surface area contributed by atoms with Gasteiger partial charge >= 0.3 is 0 Å². The van der Waals surface area contributed by atoms with Gasteiger partial charge in [0.1, 0.15) is 4.90 Å². The fraction of sp³-hybridized carbons (Fsp3) is 0.400. The van der Waals surface area contributed by atoms with Gasteiger partial charge in [-0.2, -0.15) is 0 Å². The second kappa shape index (κ2) is 5.85. The minimum absolute atomic E-state index is 0.0254. The van der Waals surface area contributed by atoms with Crippen molar-refractivity contribution in [2.24, 2.45) is 5.14 Å². The molecule has 0 saturated carbocycles. The number of non-ortho nitro benzene ring substituents is 1. The highest BCUT2D eigenvalue weighted by molar-refractivity contribution is 7.89. The molecule has 2 N–H and O–H groups in total. The van der Waals surface area contributed by atoms with Gasteiger partial charge in [0.05, 0.1) is 24.7 Å². The second-order valence-corrected chi connectivity index (χ2v) is 5.16. The zero-order valence-electron chi connectivity index (χ0n) is 10.5. The Morgan fingerprint density at radius 2 is 2.05 bits per heavy atom. The zero-order valence-corrected chi connectivity index (χ0v) is 11.3. The Bertz CT molecular complexity index is 584. The number of primary sulfonamides is 1. The number of nitro benzene ring substituents is 1. The lowest BCUT2D eigenvalue weighted by atomic mass is 10.3. The lowest BCUT2D eigenvalue weighted by Crippen LogP contribution is -2.14. The number of nitrogens with two attached hydrogens (primary N) is 1. The molecule has 0 aliphatic heterocycles. The topological polar surface area (TPSA) is 122 Å². The molecule has 1 aromatic carbocycles. The molecule has 0 aromatic heterocycles. The fourth-order valence-corrected chi connectivity index (χ4v) is 2.13. The highest BCUT2D eigenvalue weighted by atomic mass is 32.2. The Labute approximate surface area is 110 Å². The monoisotopic (exact) mass is 290 g/mol. The van der Waals surface area contributed by atoms with Crippen molar-refractivity contribution < 1.29 is 22.8 Å². The molecule has 0 spiro atoms. The molecule has 8 nitrogen and oxygen atoms in total. The molecule has 0 fully saturated rings. The summed E-state index contributed by atoms with van der Waals surface area (Å²) < 4.78 is 33.0. The molecule has 0 unspecified atom stereocenters. The standard InChI is InChI=1S/C10H14N2O6S/c1-3-4-18-8-5-7(12(13)14)6-9(10(8)17-2)19(11,15)16/h5-6H,3-4H2,1-2H3,(H2,11,15,16). The van der Waals surface area contributed by atoms with Gasteiger partial charge in [-0.3, -0.25) is 10.1 Å². The minimum Gasteiger partial charge on any atom is -0.492 e. The predicted octanol–water partition coefficient (Wildman–Crippen LogP) is 1.04. The smallest absolute Gasteiger partial charge is 0.274 e. The van der Waals surface area contributed by atoms with E-state index in [1.54, 1.807) is 0 Å². The van der Waals surface area contributed by atoms with Crippen LogP contribution in [0.3, 0.4) is 0 Å². The molecule has 1 rings (SSSR count). The first-order chi connectivity index (χ1) is 8.81. The summed E-state index contributed by atoms with van der Waals surface area (Å²) in [5.41, 5.74) is -0.434. The van der Waals surface area contributed by atoms with Crippen LogP contribution in [0.25, 0.3) is 0 Å². The third-order valence-corrected chi connectivity index (χ3v) is 3.10. The zero-order chi connectivity index (χ0) is 14.6. The van der Waals surface area contributed by atoms with Crippen LogP contribution in [0.15, 0.2) is 17.0 Å². The molecular weight excluding hydrogens is 276 g/mol. The Kier molecular flexibility index (Phi) is 4.67. The van der Waals surface area contributed by atoms with Gasteiger partial charge in [0.25, 0.3) is 5.69 Å². The molecule has 0 radical (unpaired) electrons. The van der Waals surface area contributed by atoms with Crippen LogP contribution in [0.2, 0.25) is 0 Å². The molecule has 0 aliphatic carbocycles. The summed E-state index contributed by atoms with van der Waals surface area (Å²) in [6.07, 6.45) is 0.649. The third-order valence-electron chi connectivity index (χ3n) is 2.19. The quantitative estimate of drug-likeness (QED) is 0.617. The summed E-state index contributed by atoms with van der Waals surface area (Å²) in [5.74, 6) is -0.163. The first kappa shape index (κ1) is 15.2. The van der Waals surface area contributed by atoms with Crippen molar-refractivity contribution in [3.63, 3.8) is 0 Å². The van der Waals surface area contributed by atoms with Crippen LogP contribution in [0.1, 0.15) is 13.3 Å². The Hall–Kier alpha value is -1.87. The van der Waals surface area contributed by atoms with Crippen LogP contribution in [-0.4, -0.2) is 27.1 Å². The van der Waals surface area contributed by atoms with Crippen LogP contribution in [0.4, 0.5) is 5.69 Å². The third kappa shape index (κ3) is 3.55. The summed E-state index contributed by atoms with van der Waals surface area (Å²) in [6, 6.07) is 1.94. The van der Waals surface area contributed by atoms with E-state index in [0.29, 0.717) is 6.42 Å². The molecule has 0 atom stereocenters. The Morgan fingerprint density at radius 1 is 1.42 bits per heavy atom. The number of nitrogens with zero attached hydrogens (tertiary/aromatic N) is 1. The molecule has 0 aliphatic rings.